The highest BCUT2D eigenvalue weighted by atomic mass is 16.5. The zero-order valence-corrected chi connectivity index (χ0v) is 28.0. The number of aliphatic hydroxyl groups is 1. The van der Waals surface area contributed by atoms with Gasteiger partial charge in [0.15, 0.2) is 11.5 Å². The van der Waals surface area contributed by atoms with Crippen LogP contribution in [-0.4, -0.2) is 68.6 Å². The number of carbonyl (C=O) groups is 2. The topological polar surface area (TPSA) is 132 Å². The molecule has 44 heavy (non-hydrogen) atoms. The Hall–Kier alpha value is -2.36. The standard InChI is InChI=1S/C35H59N3O6/c1-23(2)27(18-25-10-13-31(43-6)32(19-25)44-17-9-16-42-5)20-29(36)30(39)21-28(24(3)4)34(41)37-22-35(14-7-8-15-35)38-33(40)26-11-12-26/h10,13,19,23-24,26-30,39H,7-9,11-12,14-18,20-22,36H2,1-6H3,(H,37,41)(H,38,40)/t27-,28-,29-,30-/m0/s1. The summed E-state index contributed by atoms with van der Waals surface area (Å²) in [6.45, 7) is 10.00. The van der Waals surface area contributed by atoms with Crippen molar-refractivity contribution in [2.45, 2.75) is 110 Å². The molecule has 2 aliphatic carbocycles. The maximum absolute atomic E-state index is 13.4. The molecule has 2 aliphatic rings. The zero-order valence-electron chi connectivity index (χ0n) is 28.0. The predicted octanol–water partition coefficient (Wildman–Crippen LogP) is 4.62. The second kappa shape index (κ2) is 17.4. The Morgan fingerprint density at radius 1 is 1.02 bits per heavy atom. The van der Waals surface area contributed by atoms with Crippen molar-refractivity contribution in [2.75, 3.05) is 34.0 Å². The fraction of sp³-hybridized carbons (Fsp3) is 0.771. The Morgan fingerprint density at radius 2 is 1.73 bits per heavy atom. The third-order valence-corrected chi connectivity index (χ3v) is 9.62. The Balaban J connectivity index is 1.58. The first-order valence-electron chi connectivity index (χ1n) is 16.8. The summed E-state index contributed by atoms with van der Waals surface area (Å²) in [5.41, 5.74) is 7.40. The molecule has 2 fully saturated rings. The van der Waals surface area contributed by atoms with Crippen molar-refractivity contribution in [1.29, 1.82) is 0 Å². The number of aliphatic hydroxyl groups excluding tert-OH is 1. The predicted molar refractivity (Wildman–Crippen MR) is 174 cm³/mol. The van der Waals surface area contributed by atoms with E-state index in [9.17, 15) is 14.7 Å². The van der Waals surface area contributed by atoms with Crippen molar-refractivity contribution in [3.8, 4) is 11.5 Å². The van der Waals surface area contributed by atoms with E-state index < -0.39 is 12.1 Å². The number of methoxy groups -OCH3 is 2. The minimum Gasteiger partial charge on any atom is -0.493 e. The van der Waals surface area contributed by atoms with E-state index in [1.807, 2.05) is 26.0 Å². The number of nitrogens with two attached hydrogens (primary N) is 1. The zero-order chi connectivity index (χ0) is 32.3. The number of carbonyl (C=O) groups excluding carboxylic acids is 2. The highest BCUT2D eigenvalue weighted by Crippen LogP contribution is 2.35. The lowest BCUT2D eigenvalue weighted by molar-refractivity contribution is -0.129. The van der Waals surface area contributed by atoms with Crippen LogP contribution < -0.4 is 25.8 Å². The average molecular weight is 618 g/mol. The van der Waals surface area contributed by atoms with E-state index in [0.29, 0.717) is 50.0 Å². The van der Waals surface area contributed by atoms with Crippen LogP contribution in [0.3, 0.4) is 0 Å². The van der Waals surface area contributed by atoms with E-state index in [2.05, 4.69) is 30.5 Å². The van der Waals surface area contributed by atoms with Gasteiger partial charge in [0.2, 0.25) is 11.8 Å². The Labute approximate surface area is 265 Å². The molecule has 0 unspecified atom stereocenters. The molecule has 0 radical (unpaired) electrons. The molecule has 3 rings (SSSR count). The molecule has 1 aromatic rings. The molecule has 4 atom stereocenters. The minimum absolute atomic E-state index is 0.0416. The first-order chi connectivity index (χ1) is 21.0. The Bertz CT molecular complexity index is 1040. The van der Waals surface area contributed by atoms with Gasteiger partial charge in [0.05, 0.1) is 25.4 Å². The van der Waals surface area contributed by atoms with Crippen LogP contribution in [0.2, 0.25) is 0 Å². The van der Waals surface area contributed by atoms with Gasteiger partial charge in [0.1, 0.15) is 0 Å². The molecule has 0 bridgehead atoms. The molecule has 9 nitrogen and oxygen atoms in total. The SMILES string of the molecule is COCCCOc1cc(C[C@@H](C[C@H](N)[C@@H](O)C[C@H](C(=O)NCC2(NC(=O)C3CC3)CCCC2)C(C)C)C(C)C)ccc1OC. The Kier molecular flexibility index (Phi) is 14.3. The van der Waals surface area contributed by atoms with Crippen LogP contribution in [0.5, 0.6) is 11.5 Å². The lowest BCUT2D eigenvalue weighted by atomic mass is 9.80. The summed E-state index contributed by atoms with van der Waals surface area (Å²) in [6.07, 6.45) is 7.52. The van der Waals surface area contributed by atoms with Crippen LogP contribution in [0.25, 0.3) is 0 Å². The van der Waals surface area contributed by atoms with E-state index in [1.165, 1.54) is 0 Å². The third kappa shape index (κ3) is 10.9. The third-order valence-electron chi connectivity index (χ3n) is 9.62. The van der Waals surface area contributed by atoms with Crippen LogP contribution >= 0.6 is 0 Å². The summed E-state index contributed by atoms with van der Waals surface area (Å²) in [6, 6.07) is 5.57. The maximum atomic E-state index is 13.4. The molecule has 0 aromatic heterocycles. The highest BCUT2D eigenvalue weighted by molar-refractivity contribution is 5.82. The molecule has 250 valence electrons. The fourth-order valence-corrected chi connectivity index (χ4v) is 6.36. The number of hydrogen-bond acceptors (Lipinski definition) is 7. The number of nitrogens with one attached hydrogen (secondary N) is 2. The highest BCUT2D eigenvalue weighted by Gasteiger charge is 2.40. The van der Waals surface area contributed by atoms with E-state index in [-0.39, 0.29) is 41.0 Å². The molecule has 0 spiro atoms. The van der Waals surface area contributed by atoms with Gasteiger partial charge in [-0.25, -0.2) is 0 Å². The van der Waals surface area contributed by atoms with Gasteiger partial charge in [-0.1, -0.05) is 46.6 Å². The van der Waals surface area contributed by atoms with Gasteiger partial charge in [0, 0.05) is 44.6 Å². The largest absolute Gasteiger partial charge is 0.493 e. The molecule has 0 heterocycles. The Morgan fingerprint density at radius 3 is 2.32 bits per heavy atom. The van der Waals surface area contributed by atoms with Crippen molar-refractivity contribution in [2.24, 2.45) is 35.3 Å². The monoisotopic (exact) mass is 617 g/mol. The van der Waals surface area contributed by atoms with Gasteiger partial charge >= 0.3 is 0 Å². The molecule has 0 aliphatic heterocycles. The second-order valence-electron chi connectivity index (χ2n) is 13.9. The normalized spacial score (nSPS) is 19.0. The van der Waals surface area contributed by atoms with Crippen molar-refractivity contribution >= 4 is 11.8 Å². The van der Waals surface area contributed by atoms with Crippen LogP contribution in [0.15, 0.2) is 18.2 Å². The van der Waals surface area contributed by atoms with Gasteiger partial charge in [-0.2, -0.15) is 0 Å². The van der Waals surface area contributed by atoms with Crippen molar-refractivity contribution < 1.29 is 28.9 Å². The molecule has 5 N–H and O–H groups in total. The van der Waals surface area contributed by atoms with Gasteiger partial charge < -0.3 is 35.7 Å². The molecule has 1 aromatic carbocycles. The quantitative estimate of drug-likeness (QED) is 0.157. The molecular formula is C35H59N3O6. The van der Waals surface area contributed by atoms with E-state index >= 15 is 0 Å². The smallest absolute Gasteiger partial charge is 0.223 e. The summed E-state index contributed by atoms with van der Waals surface area (Å²) >= 11 is 0. The maximum Gasteiger partial charge on any atom is 0.223 e. The number of benzene rings is 1. The van der Waals surface area contributed by atoms with Crippen LogP contribution in [0, 0.1) is 29.6 Å². The molecular weight excluding hydrogens is 558 g/mol. The number of hydrogen-bond donors (Lipinski definition) is 4. The van der Waals surface area contributed by atoms with Gasteiger partial charge in [-0.05, 0) is 80.4 Å². The first kappa shape index (κ1) is 36.1. The molecule has 2 saturated carbocycles. The van der Waals surface area contributed by atoms with Gasteiger partial charge in [-0.3, -0.25) is 9.59 Å². The van der Waals surface area contributed by atoms with E-state index in [1.54, 1.807) is 14.2 Å². The van der Waals surface area contributed by atoms with Crippen LogP contribution in [0.4, 0.5) is 0 Å². The van der Waals surface area contributed by atoms with Crippen molar-refractivity contribution in [3.63, 3.8) is 0 Å². The summed E-state index contributed by atoms with van der Waals surface area (Å²) in [4.78, 5) is 26.0. The summed E-state index contributed by atoms with van der Waals surface area (Å²) in [5, 5.41) is 17.7. The fourth-order valence-electron chi connectivity index (χ4n) is 6.36. The molecule has 0 saturated heterocycles. The molecule has 2 amide bonds. The molecule has 9 heteroatoms. The number of amides is 2. The average Bonchev–Trinajstić information content (AvgIpc) is 3.75. The van der Waals surface area contributed by atoms with Crippen molar-refractivity contribution in [1.82, 2.24) is 10.6 Å². The van der Waals surface area contributed by atoms with E-state index in [0.717, 1.165) is 56.9 Å². The minimum atomic E-state index is -0.806. The van der Waals surface area contributed by atoms with Crippen molar-refractivity contribution in [3.05, 3.63) is 23.8 Å². The van der Waals surface area contributed by atoms with Crippen LogP contribution in [0.1, 0.15) is 91.0 Å². The number of ether oxygens (including phenoxy) is 3. The summed E-state index contributed by atoms with van der Waals surface area (Å²) < 4.78 is 16.6. The summed E-state index contributed by atoms with van der Waals surface area (Å²) in [7, 11) is 3.32. The second-order valence-corrected chi connectivity index (χ2v) is 13.9. The van der Waals surface area contributed by atoms with E-state index in [4.69, 9.17) is 19.9 Å². The first-order valence-corrected chi connectivity index (χ1v) is 16.8. The number of rotatable bonds is 20. The van der Waals surface area contributed by atoms with Crippen LogP contribution in [-0.2, 0) is 20.7 Å². The van der Waals surface area contributed by atoms with Gasteiger partial charge in [0.25, 0.3) is 0 Å². The lowest BCUT2D eigenvalue weighted by Gasteiger charge is -2.33. The summed E-state index contributed by atoms with van der Waals surface area (Å²) in [5.74, 6) is 1.86. The lowest BCUT2D eigenvalue weighted by Crippen LogP contribution is -2.55. The van der Waals surface area contributed by atoms with Gasteiger partial charge in [-0.15, -0.1) is 0 Å².